The summed E-state index contributed by atoms with van der Waals surface area (Å²) >= 11 is 0. The van der Waals surface area contributed by atoms with Gasteiger partial charge >= 0.3 is 11.9 Å². The largest absolute Gasteiger partial charge is 0.481 e. The number of carboxylic acid groups (broad SMARTS) is 2. The summed E-state index contributed by atoms with van der Waals surface area (Å²) in [6, 6.07) is 5.58. The molecule has 0 bridgehead atoms. The fraction of sp³-hybridized carbons (Fsp3) is 0.545. The normalized spacial score (nSPS) is 10.4. The predicted molar refractivity (Wildman–Crippen MR) is 107 cm³/mol. The van der Waals surface area contributed by atoms with Crippen molar-refractivity contribution in [2.75, 3.05) is 0 Å². The van der Waals surface area contributed by atoms with E-state index >= 15 is 0 Å². The van der Waals surface area contributed by atoms with Crippen molar-refractivity contribution < 1.29 is 24.2 Å². The second kappa shape index (κ2) is 17.3. The summed E-state index contributed by atoms with van der Waals surface area (Å²) in [5.74, 6) is -2.00. The first-order chi connectivity index (χ1) is 13.0. The third-order valence-corrected chi connectivity index (χ3v) is 4.03. The minimum Gasteiger partial charge on any atom is -0.481 e. The summed E-state index contributed by atoms with van der Waals surface area (Å²) in [5.41, 5.74) is 0.666. The number of rotatable bonds is 13. The predicted octanol–water partition coefficient (Wildman–Crippen LogP) is 6.31. The fourth-order valence-corrected chi connectivity index (χ4v) is 2.51. The molecule has 0 aromatic heterocycles. The topological polar surface area (TPSA) is 74.6 Å². The van der Waals surface area contributed by atoms with Crippen LogP contribution in [0.1, 0.15) is 83.1 Å². The monoisotopic (exact) mass is 380 g/mol. The second-order valence-corrected chi connectivity index (χ2v) is 6.55. The van der Waals surface area contributed by atoms with Gasteiger partial charge in [0.05, 0.1) is 0 Å². The molecule has 1 aromatic rings. The van der Waals surface area contributed by atoms with Gasteiger partial charge in [0.2, 0.25) is 0 Å². The average molecular weight is 380 g/mol. The van der Waals surface area contributed by atoms with Crippen molar-refractivity contribution in [3.8, 4) is 0 Å². The first-order valence-corrected chi connectivity index (χ1v) is 9.84. The molecule has 0 radical (unpaired) electrons. The highest BCUT2D eigenvalue weighted by molar-refractivity contribution is 5.85. The number of hydrogen-bond donors (Lipinski definition) is 2. The number of carboxylic acids is 2. The van der Waals surface area contributed by atoms with Crippen LogP contribution in [0.4, 0.5) is 4.39 Å². The number of halogens is 1. The van der Waals surface area contributed by atoms with Gasteiger partial charge in [0, 0.05) is 12.5 Å². The van der Waals surface area contributed by atoms with Crippen molar-refractivity contribution in [1.29, 1.82) is 0 Å². The minimum absolute atomic E-state index is 0.331. The zero-order chi connectivity index (χ0) is 20.3. The van der Waals surface area contributed by atoms with E-state index in [1.165, 1.54) is 81.7 Å². The molecule has 0 spiro atoms. The Labute approximate surface area is 162 Å². The molecule has 0 saturated carbocycles. The number of hydrogen-bond acceptors (Lipinski definition) is 2. The van der Waals surface area contributed by atoms with E-state index in [9.17, 15) is 14.0 Å². The number of carbonyl (C=O) groups is 2. The summed E-state index contributed by atoms with van der Waals surface area (Å²) in [7, 11) is 0. The number of benzene rings is 1. The fourth-order valence-electron chi connectivity index (χ4n) is 2.51. The quantitative estimate of drug-likeness (QED) is 0.311. The first-order valence-electron chi connectivity index (χ1n) is 9.84. The van der Waals surface area contributed by atoms with Crippen molar-refractivity contribution in [2.45, 2.75) is 77.6 Å². The van der Waals surface area contributed by atoms with E-state index in [1.54, 1.807) is 0 Å². The van der Waals surface area contributed by atoms with Gasteiger partial charge in [-0.05, 0) is 30.2 Å². The molecule has 27 heavy (non-hydrogen) atoms. The van der Waals surface area contributed by atoms with Gasteiger partial charge in [0.25, 0.3) is 0 Å². The lowest BCUT2D eigenvalue weighted by Crippen LogP contribution is -1.93. The Bertz CT molecular complexity index is 538. The van der Waals surface area contributed by atoms with Gasteiger partial charge in [0.15, 0.2) is 0 Å². The van der Waals surface area contributed by atoms with Crippen molar-refractivity contribution >= 4 is 18.0 Å². The van der Waals surface area contributed by atoms with Crippen molar-refractivity contribution in [1.82, 2.24) is 0 Å². The summed E-state index contributed by atoms with van der Waals surface area (Å²) < 4.78 is 12.3. The molecule has 0 amide bonds. The van der Waals surface area contributed by atoms with Crippen LogP contribution in [0.25, 0.3) is 6.08 Å². The molecular formula is C22H33FO4. The van der Waals surface area contributed by atoms with Gasteiger partial charge in [-0.15, -0.1) is 0 Å². The Kier molecular flexibility index (Phi) is 15.9. The third kappa shape index (κ3) is 18.4. The van der Waals surface area contributed by atoms with Crippen LogP contribution in [0.15, 0.2) is 30.3 Å². The molecule has 0 aliphatic heterocycles. The molecule has 0 aliphatic carbocycles. The van der Waals surface area contributed by atoms with E-state index in [0.29, 0.717) is 12.0 Å². The van der Waals surface area contributed by atoms with Gasteiger partial charge in [-0.3, -0.25) is 4.79 Å². The number of aliphatic carboxylic acids is 2. The molecule has 1 rings (SSSR count). The van der Waals surface area contributed by atoms with Gasteiger partial charge in [-0.1, -0.05) is 76.8 Å². The van der Waals surface area contributed by atoms with E-state index < -0.39 is 11.9 Å². The average Bonchev–Trinajstić information content (AvgIpc) is 2.63. The van der Waals surface area contributed by atoms with Crippen LogP contribution < -0.4 is 0 Å². The summed E-state index contributed by atoms with van der Waals surface area (Å²) in [4.78, 5) is 20.3. The van der Waals surface area contributed by atoms with E-state index in [4.69, 9.17) is 10.2 Å². The van der Waals surface area contributed by atoms with Crippen molar-refractivity contribution in [3.05, 3.63) is 41.7 Å². The lowest BCUT2D eigenvalue weighted by atomic mass is 10.1. The molecule has 0 saturated heterocycles. The molecule has 1 aromatic carbocycles. The van der Waals surface area contributed by atoms with E-state index in [-0.39, 0.29) is 5.82 Å². The molecule has 0 aliphatic rings. The Balaban J connectivity index is 0.000000511. The molecule has 0 atom stereocenters. The molecule has 0 fully saturated rings. The second-order valence-electron chi connectivity index (χ2n) is 6.55. The SMILES string of the molecule is CCCCCCCCCCCCC(=O)O.O=C(O)C=Cc1ccc(F)cc1. The van der Waals surface area contributed by atoms with E-state index in [0.717, 1.165) is 18.9 Å². The Morgan fingerprint density at radius 3 is 1.78 bits per heavy atom. The van der Waals surface area contributed by atoms with Gasteiger partial charge in [0.1, 0.15) is 5.82 Å². The van der Waals surface area contributed by atoms with Gasteiger partial charge < -0.3 is 10.2 Å². The van der Waals surface area contributed by atoms with Crippen molar-refractivity contribution in [2.24, 2.45) is 0 Å². The molecule has 0 unspecified atom stereocenters. The highest BCUT2D eigenvalue weighted by Crippen LogP contribution is 2.11. The lowest BCUT2D eigenvalue weighted by molar-refractivity contribution is -0.137. The Morgan fingerprint density at radius 1 is 0.852 bits per heavy atom. The minimum atomic E-state index is -1.01. The van der Waals surface area contributed by atoms with Gasteiger partial charge in [-0.25, -0.2) is 9.18 Å². The van der Waals surface area contributed by atoms with Gasteiger partial charge in [-0.2, -0.15) is 0 Å². The summed E-state index contributed by atoms with van der Waals surface area (Å²) in [6.45, 7) is 2.24. The highest BCUT2D eigenvalue weighted by Gasteiger charge is 1.96. The molecule has 4 nitrogen and oxygen atoms in total. The molecular weight excluding hydrogens is 347 g/mol. The first kappa shape index (κ1) is 24.8. The Morgan fingerprint density at radius 2 is 1.33 bits per heavy atom. The summed E-state index contributed by atoms with van der Waals surface area (Å²) in [5, 5.41) is 16.7. The van der Waals surface area contributed by atoms with Crippen LogP contribution in [0.2, 0.25) is 0 Å². The highest BCUT2D eigenvalue weighted by atomic mass is 19.1. The lowest BCUT2D eigenvalue weighted by Gasteiger charge is -2.01. The van der Waals surface area contributed by atoms with Crippen LogP contribution in [0, 0.1) is 5.82 Å². The van der Waals surface area contributed by atoms with E-state index in [1.807, 2.05) is 0 Å². The van der Waals surface area contributed by atoms with Crippen LogP contribution in [-0.4, -0.2) is 22.2 Å². The van der Waals surface area contributed by atoms with Crippen LogP contribution in [-0.2, 0) is 9.59 Å². The maximum Gasteiger partial charge on any atom is 0.328 e. The zero-order valence-corrected chi connectivity index (χ0v) is 16.3. The smallest absolute Gasteiger partial charge is 0.328 e. The maximum absolute atomic E-state index is 12.3. The van der Waals surface area contributed by atoms with Crippen LogP contribution >= 0.6 is 0 Å². The number of unbranched alkanes of at least 4 members (excludes halogenated alkanes) is 9. The summed E-state index contributed by atoms with van der Waals surface area (Å²) in [6.07, 6.45) is 15.3. The Hall–Kier alpha value is -2.17. The zero-order valence-electron chi connectivity index (χ0n) is 16.3. The molecule has 2 N–H and O–H groups in total. The van der Waals surface area contributed by atoms with Crippen LogP contribution in [0.3, 0.4) is 0 Å². The van der Waals surface area contributed by atoms with Crippen molar-refractivity contribution in [3.63, 3.8) is 0 Å². The van der Waals surface area contributed by atoms with E-state index in [2.05, 4.69) is 6.92 Å². The standard InChI is InChI=1S/C13H26O2.C9H7FO2/c1-2-3-4-5-6-7-8-9-10-11-12-13(14)15;10-8-4-1-7(2-5-8)3-6-9(11)12/h2-12H2,1H3,(H,14,15);1-6H,(H,11,12). The molecule has 5 heteroatoms. The van der Waals surface area contributed by atoms with Crippen LogP contribution in [0.5, 0.6) is 0 Å². The maximum atomic E-state index is 12.3. The third-order valence-electron chi connectivity index (χ3n) is 4.03. The molecule has 0 heterocycles. The molecule has 152 valence electrons.